The molecule has 0 saturated carbocycles. The van der Waals surface area contributed by atoms with Crippen molar-refractivity contribution in [3.8, 4) is 0 Å². The van der Waals surface area contributed by atoms with Crippen molar-refractivity contribution in [3.05, 3.63) is 23.8 Å². The number of hydrogen-bond acceptors (Lipinski definition) is 0. The van der Waals surface area contributed by atoms with Gasteiger partial charge in [-0.1, -0.05) is 44.6 Å². The van der Waals surface area contributed by atoms with Crippen LogP contribution in [0.3, 0.4) is 0 Å². The molecule has 0 aliphatic heterocycles. The maximum Gasteiger partial charge on any atom is 0.00253 e. The van der Waals surface area contributed by atoms with Gasteiger partial charge in [0.1, 0.15) is 0 Å². The molecule has 0 spiro atoms. The topological polar surface area (TPSA) is 0 Å². The van der Waals surface area contributed by atoms with E-state index in [0.717, 1.165) is 6.42 Å². The second kappa shape index (κ2) is 4.13. The molecular formula is C13H22. The minimum atomic E-state index is 0.463. The molecular weight excluding hydrogens is 156 g/mol. The second-order valence-electron chi connectivity index (χ2n) is 4.79. The van der Waals surface area contributed by atoms with Crippen LogP contribution in [-0.2, 0) is 0 Å². The van der Waals surface area contributed by atoms with Crippen LogP contribution in [0.25, 0.3) is 0 Å². The van der Waals surface area contributed by atoms with E-state index < -0.39 is 0 Å². The molecule has 74 valence electrons. The summed E-state index contributed by atoms with van der Waals surface area (Å²) < 4.78 is 0. The zero-order valence-corrected chi connectivity index (χ0v) is 9.43. The molecule has 0 bridgehead atoms. The molecule has 1 rings (SSSR count). The standard InChI is InChI=1S/C13H22/c1-5-6-9-12-11(2)8-7-10-13(12,3)4/h6,8-9,12H,5,7,10H2,1-4H3/b9-6+. The van der Waals surface area contributed by atoms with Crippen molar-refractivity contribution in [1.82, 2.24) is 0 Å². The molecule has 0 aromatic carbocycles. The van der Waals surface area contributed by atoms with E-state index in [4.69, 9.17) is 0 Å². The lowest BCUT2D eigenvalue weighted by molar-refractivity contribution is 0.255. The minimum Gasteiger partial charge on any atom is -0.0882 e. The summed E-state index contributed by atoms with van der Waals surface area (Å²) in [5.41, 5.74) is 2.02. The summed E-state index contributed by atoms with van der Waals surface area (Å²) in [6, 6.07) is 0. The number of hydrogen-bond donors (Lipinski definition) is 0. The van der Waals surface area contributed by atoms with Crippen molar-refractivity contribution in [1.29, 1.82) is 0 Å². The summed E-state index contributed by atoms with van der Waals surface area (Å²) >= 11 is 0. The van der Waals surface area contributed by atoms with Gasteiger partial charge >= 0.3 is 0 Å². The van der Waals surface area contributed by atoms with Crippen LogP contribution in [0.1, 0.15) is 47.0 Å². The first kappa shape index (κ1) is 10.6. The van der Waals surface area contributed by atoms with E-state index in [0.29, 0.717) is 11.3 Å². The molecule has 0 N–H and O–H groups in total. The molecule has 0 aromatic heterocycles. The Morgan fingerprint density at radius 3 is 2.77 bits per heavy atom. The quantitative estimate of drug-likeness (QED) is 0.552. The lowest BCUT2D eigenvalue weighted by atomic mass is 9.68. The van der Waals surface area contributed by atoms with Gasteiger partial charge in [-0.05, 0) is 31.6 Å². The first-order chi connectivity index (χ1) is 6.08. The molecule has 0 heteroatoms. The summed E-state index contributed by atoms with van der Waals surface area (Å²) in [5, 5.41) is 0. The molecule has 0 aromatic rings. The third-order valence-corrected chi connectivity index (χ3v) is 3.15. The van der Waals surface area contributed by atoms with Gasteiger partial charge in [-0.2, -0.15) is 0 Å². The largest absolute Gasteiger partial charge is 0.0882 e. The van der Waals surface area contributed by atoms with E-state index in [1.165, 1.54) is 12.8 Å². The number of rotatable bonds is 2. The Bertz CT molecular complexity index is 218. The van der Waals surface area contributed by atoms with Crippen LogP contribution in [0.4, 0.5) is 0 Å². The molecule has 1 aliphatic carbocycles. The fourth-order valence-corrected chi connectivity index (χ4v) is 2.26. The molecule has 1 atom stereocenters. The normalized spacial score (nSPS) is 27.7. The zero-order chi connectivity index (χ0) is 9.90. The lowest BCUT2D eigenvalue weighted by Gasteiger charge is -2.36. The maximum atomic E-state index is 2.40. The molecule has 0 fully saturated rings. The van der Waals surface area contributed by atoms with Gasteiger partial charge in [0.2, 0.25) is 0 Å². The maximum absolute atomic E-state index is 2.40. The molecule has 1 unspecified atom stereocenters. The minimum absolute atomic E-state index is 0.463. The van der Waals surface area contributed by atoms with E-state index in [-0.39, 0.29) is 0 Å². The molecule has 0 radical (unpaired) electrons. The molecule has 0 saturated heterocycles. The third kappa shape index (κ3) is 2.46. The predicted octanol–water partition coefficient (Wildman–Crippen LogP) is 4.34. The highest BCUT2D eigenvalue weighted by atomic mass is 14.3. The van der Waals surface area contributed by atoms with Crippen molar-refractivity contribution in [2.75, 3.05) is 0 Å². The highest BCUT2D eigenvalue weighted by Crippen LogP contribution is 2.41. The molecule has 0 nitrogen and oxygen atoms in total. The van der Waals surface area contributed by atoms with Crippen molar-refractivity contribution < 1.29 is 0 Å². The summed E-state index contributed by atoms with van der Waals surface area (Å²) in [6.07, 6.45) is 10.8. The predicted molar refractivity (Wildman–Crippen MR) is 59.7 cm³/mol. The van der Waals surface area contributed by atoms with Gasteiger partial charge in [-0.25, -0.2) is 0 Å². The van der Waals surface area contributed by atoms with E-state index in [1.807, 2.05) is 0 Å². The van der Waals surface area contributed by atoms with Crippen LogP contribution >= 0.6 is 0 Å². The van der Waals surface area contributed by atoms with Crippen molar-refractivity contribution in [2.45, 2.75) is 47.0 Å². The van der Waals surface area contributed by atoms with Gasteiger partial charge in [0.05, 0.1) is 0 Å². The Balaban J connectivity index is 2.81. The van der Waals surface area contributed by atoms with Crippen molar-refractivity contribution in [2.24, 2.45) is 11.3 Å². The molecule has 0 heterocycles. The summed E-state index contributed by atoms with van der Waals surface area (Å²) in [4.78, 5) is 0. The van der Waals surface area contributed by atoms with Crippen LogP contribution in [0.5, 0.6) is 0 Å². The van der Waals surface area contributed by atoms with E-state index in [1.54, 1.807) is 5.57 Å². The van der Waals surface area contributed by atoms with Crippen LogP contribution in [0.15, 0.2) is 23.8 Å². The van der Waals surface area contributed by atoms with E-state index in [2.05, 4.69) is 45.9 Å². The van der Waals surface area contributed by atoms with Crippen LogP contribution in [0, 0.1) is 11.3 Å². The van der Waals surface area contributed by atoms with Crippen molar-refractivity contribution >= 4 is 0 Å². The Morgan fingerprint density at radius 1 is 1.54 bits per heavy atom. The summed E-state index contributed by atoms with van der Waals surface area (Å²) in [6.45, 7) is 9.24. The monoisotopic (exact) mass is 178 g/mol. The van der Waals surface area contributed by atoms with Gasteiger partial charge in [0.25, 0.3) is 0 Å². The van der Waals surface area contributed by atoms with Gasteiger partial charge < -0.3 is 0 Å². The first-order valence-electron chi connectivity index (χ1n) is 5.41. The molecule has 0 amide bonds. The SMILES string of the molecule is CC/C=C/C1C(C)=CCCC1(C)C. The van der Waals surface area contributed by atoms with Crippen LogP contribution < -0.4 is 0 Å². The Labute approximate surface area is 82.7 Å². The van der Waals surface area contributed by atoms with Gasteiger partial charge in [0, 0.05) is 5.92 Å². The van der Waals surface area contributed by atoms with Crippen molar-refractivity contribution in [3.63, 3.8) is 0 Å². The van der Waals surface area contributed by atoms with Crippen LogP contribution in [0.2, 0.25) is 0 Å². The van der Waals surface area contributed by atoms with Crippen LogP contribution in [-0.4, -0.2) is 0 Å². The molecule has 1 aliphatic rings. The van der Waals surface area contributed by atoms with E-state index in [9.17, 15) is 0 Å². The third-order valence-electron chi connectivity index (χ3n) is 3.15. The zero-order valence-electron chi connectivity index (χ0n) is 9.43. The fraction of sp³-hybridized carbons (Fsp3) is 0.692. The Morgan fingerprint density at radius 2 is 2.23 bits per heavy atom. The average molecular weight is 178 g/mol. The highest BCUT2D eigenvalue weighted by Gasteiger charge is 2.30. The number of allylic oxidation sites excluding steroid dienone is 4. The Hall–Kier alpha value is -0.520. The van der Waals surface area contributed by atoms with Gasteiger partial charge in [-0.3, -0.25) is 0 Å². The summed E-state index contributed by atoms with van der Waals surface area (Å²) in [5.74, 6) is 0.668. The lowest BCUT2D eigenvalue weighted by Crippen LogP contribution is -2.26. The van der Waals surface area contributed by atoms with E-state index >= 15 is 0 Å². The summed E-state index contributed by atoms with van der Waals surface area (Å²) in [7, 11) is 0. The Kier molecular flexibility index (Phi) is 3.35. The van der Waals surface area contributed by atoms with Gasteiger partial charge in [-0.15, -0.1) is 0 Å². The smallest absolute Gasteiger partial charge is 0.00253 e. The average Bonchev–Trinajstić information content (AvgIpc) is 2.02. The fourth-order valence-electron chi connectivity index (χ4n) is 2.26. The van der Waals surface area contributed by atoms with Gasteiger partial charge in [0.15, 0.2) is 0 Å². The second-order valence-corrected chi connectivity index (χ2v) is 4.79. The molecule has 13 heavy (non-hydrogen) atoms. The highest BCUT2D eigenvalue weighted by molar-refractivity contribution is 5.18. The first-order valence-corrected chi connectivity index (χ1v) is 5.41.